The van der Waals surface area contributed by atoms with Crippen LogP contribution in [0.5, 0.6) is 0 Å². The van der Waals surface area contributed by atoms with Crippen molar-refractivity contribution >= 4 is 33.2 Å². The summed E-state index contributed by atoms with van der Waals surface area (Å²) in [5.74, 6) is 2.21. The lowest BCUT2D eigenvalue weighted by Gasteiger charge is -2.47. The highest BCUT2D eigenvalue weighted by atomic mass is 16.7. The number of hydrogen-bond acceptors (Lipinski definition) is 10. The van der Waals surface area contributed by atoms with Gasteiger partial charge in [-0.05, 0) is 172 Å². The summed E-state index contributed by atoms with van der Waals surface area (Å²) in [5.41, 5.74) is 9.69. The van der Waals surface area contributed by atoms with E-state index in [1.807, 2.05) is 46.4 Å². The lowest BCUT2D eigenvalue weighted by Crippen LogP contribution is -2.55. The first kappa shape index (κ1) is 50.5. The van der Waals surface area contributed by atoms with E-state index in [4.69, 9.17) is 37.4 Å². The fourth-order valence-electron chi connectivity index (χ4n) is 9.89. The Kier molecular flexibility index (Phi) is 13.9. The highest BCUT2D eigenvalue weighted by molar-refractivity contribution is 6.56. The topological polar surface area (TPSA) is 111 Å². The molecule has 4 atom stereocenters. The first-order chi connectivity index (χ1) is 30.1. The summed E-state index contributed by atoms with van der Waals surface area (Å²) in [5, 5.41) is 0. The standard InChI is InChI=1S/C20H34BNO4.C17H25BO4.C14H21BO2/c1-7-8-9-15-16(21-25-18(2,3)19(4,5)26-21)14-20(15,6)17(23)22-10-12-24-13-11-22;1-10(2)20-15(19)12-9-13(14(12)11-7-8-11)18-21-16(3,4)17(5,6)22-18;1-9-8-11(12(9)10-6-7-10)15-16-13(2,3)14(4,5)17-15/h14-15H,7-13H2,1-6H3;10-11,14H,7-8H2,1-6H3;10,12H,6-7H2,1-5H3/t15-,20+;14-;12-/m101/s1. The molecule has 9 aliphatic rings. The fraction of sp³-hybridized carbons (Fsp3) is 0.804. The van der Waals surface area contributed by atoms with Crippen molar-refractivity contribution in [2.75, 3.05) is 26.3 Å². The first-order valence-electron chi connectivity index (χ1n) is 24.9. The van der Waals surface area contributed by atoms with E-state index in [2.05, 4.69) is 93.7 Å². The zero-order valence-corrected chi connectivity index (χ0v) is 43.1. The van der Waals surface area contributed by atoms with E-state index < -0.39 is 12.5 Å². The molecule has 0 aromatic carbocycles. The second-order valence-corrected chi connectivity index (χ2v) is 23.6. The van der Waals surface area contributed by atoms with E-state index in [1.165, 1.54) is 23.9 Å². The second kappa shape index (κ2) is 17.9. The molecular weight excluding hydrogens is 819 g/mol. The van der Waals surface area contributed by atoms with E-state index in [-0.39, 0.29) is 77.7 Å². The Balaban J connectivity index is 0.000000148. The first-order valence-corrected chi connectivity index (χ1v) is 24.9. The summed E-state index contributed by atoms with van der Waals surface area (Å²) < 4.78 is 47.6. The molecule has 0 aromatic heterocycles. The van der Waals surface area contributed by atoms with Gasteiger partial charge < -0.3 is 42.3 Å². The second-order valence-electron chi connectivity index (χ2n) is 23.6. The number of carbonyl (C=O) groups excluding carboxylic acids is 2. The molecule has 11 nitrogen and oxygen atoms in total. The van der Waals surface area contributed by atoms with Crippen LogP contribution in [-0.4, -0.2) is 104 Å². The molecule has 4 heterocycles. The van der Waals surface area contributed by atoms with Gasteiger partial charge in [-0.15, -0.1) is 11.5 Å². The molecule has 0 unspecified atom stereocenters. The predicted octanol–water partition coefficient (Wildman–Crippen LogP) is 9.42. The highest BCUT2D eigenvalue weighted by Crippen LogP contribution is 2.55. The molecule has 0 radical (unpaired) electrons. The number of nitrogens with zero attached hydrogens (tertiary/aromatic N) is 1. The largest absolute Gasteiger partial charge is 0.499 e. The van der Waals surface area contributed by atoms with Gasteiger partial charge in [0.25, 0.3) is 0 Å². The number of amides is 1. The van der Waals surface area contributed by atoms with Crippen molar-refractivity contribution in [3.63, 3.8) is 0 Å². The van der Waals surface area contributed by atoms with Crippen molar-refractivity contribution in [2.24, 2.45) is 35.0 Å². The van der Waals surface area contributed by atoms with Gasteiger partial charge in [0.15, 0.2) is 0 Å². The minimum absolute atomic E-state index is 0.0981. The van der Waals surface area contributed by atoms with Crippen LogP contribution in [0.25, 0.3) is 0 Å². The molecule has 5 aliphatic carbocycles. The van der Waals surface area contributed by atoms with Gasteiger partial charge in [-0.2, -0.15) is 0 Å². The summed E-state index contributed by atoms with van der Waals surface area (Å²) in [6.07, 6.45) is 10.2. The van der Waals surface area contributed by atoms with Gasteiger partial charge in [-0.3, -0.25) is 4.79 Å². The van der Waals surface area contributed by atoms with Gasteiger partial charge in [-0.1, -0.05) is 25.8 Å². The average molecular weight is 900 g/mol. The highest BCUT2D eigenvalue weighted by Gasteiger charge is 2.61. The third-order valence-corrected chi connectivity index (χ3v) is 16.6. The van der Waals surface area contributed by atoms with Crippen LogP contribution < -0.4 is 0 Å². The fourth-order valence-corrected chi connectivity index (χ4v) is 9.89. The third-order valence-electron chi connectivity index (χ3n) is 16.6. The molecule has 358 valence electrons. The molecule has 0 N–H and O–H groups in total. The van der Waals surface area contributed by atoms with Gasteiger partial charge in [-0.25, -0.2) is 4.79 Å². The SMILES string of the molecule is CC(C)OC(=O)C1=C=C(B2OC(C)(C)C(C)(C)O2)[C@H]1C1CC1.CC1=C=C(B2OC(C)(C)C(C)(C)O2)[C@H]1C1CC1.CCCC[C@@H]1C(B2OC(C)(C)C(C)(C)O2)=C[C@]1(C)C(=O)N1CCOCC1. The molecule has 2 saturated carbocycles. The van der Waals surface area contributed by atoms with Crippen LogP contribution in [0.4, 0.5) is 0 Å². The Morgan fingerprint density at radius 3 is 1.54 bits per heavy atom. The normalized spacial score (nSPS) is 32.0. The number of unbranched alkanes of at least 4 members (excludes halogenated alkanes) is 1. The van der Waals surface area contributed by atoms with E-state index in [0.717, 1.165) is 49.0 Å². The van der Waals surface area contributed by atoms with Crippen molar-refractivity contribution in [1.82, 2.24) is 4.90 Å². The minimum Gasteiger partial charge on any atom is -0.459 e. The third kappa shape index (κ3) is 9.79. The summed E-state index contributed by atoms with van der Waals surface area (Å²) in [6, 6.07) is 0. The van der Waals surface area contributed by atoms with Crippen LogP contribution in [0.15, 0.2) is 45.1 Å². The molecule has 65 heavy (non-hydrogen) atoms. The average Bonchev–Trinajstić information content (AvgIpc) is 4.10. The molecule has 4 saturated heterocycles. The van der Waals surface area contributed by atoms with E-state index >= 15 is 0 Å². The van der Waals surface area contributed by atoms with Crippen LogP contribution in [0, 0.1) is 35.0 Å². The Morgan fingerprint density at radius 1 is 0.692 bits per heavy atom. The Morgan fingerprint density at radius 2 is 1.12 bits per heavy atom. The van der Waals surface area contributed by atoms with Crippen LogP contribution in [-0.2, 0) is 47.0 Å². The molecule has 4 aliphatic heterocycles. The van der Waals surface area contributed by atoms with Crippen molar-refractivity contribution in [2.45, 2.75) is 202 Å². The number of esters is 1. The van der Waals surface area contributed by atoms with Crippen LogP contribution in [0.1, 0.15) is 163 Å². The monoisotopic (exact) mass is 900 g/mol. The number of rotatable bonds is 11. The van der Waals surface area contributed by atoms with E-state index in [1.54, 1.807) is 0 Å². The molecule has 6 fully saturated rings. The maximum absolute atomic E-state index is 13.2. The van der Waals surface area contributed by atoms with Gasteiger partial charge in [0, 0.05) is 35.9 Å². The van der Waals surface area contributed by atoms with Gasteiger partial charge in [0.2, 0.25) is 5.91 Å². The molecule has 0 spiro atoms. The quantitative estimate of drug-likeness (QED) is 0.113. The molecular formula is C51H80B3NO10. The van der Waals surface area contributed by atoms with Gasteiger partial charge in [0.1, 0.15) is 0 Å². The molecule has 0 aromatic rings. The Bertz CT molecular complexity index is 1980. The van der Waals surface area contributed by atoms with Crippen LogP contribution in [0.2, 0.25) is 0 Å². The summed E-state index contributed by atoms with van der Waals surface area (Å²) in [6.45, 7) is 37.7. The molecule has 0 bridgehead atoms. The van der Waals surface area contributed by atoms with E-state index in [9.17, 15) is 9.59 Å². The lowest BCUT2D eigenvalue weighted by molar-refractivity contribution is -0.146. The number of morpholine rings is 1. The summed E-state index contributed by atoms with van der Waals surface area (Å²) >= 11 is 0. The molecule has 1 amide bonds. The number of ether oxygens (including phenoxy) is 2. The number of allylic oxidation sites excluding steroid dienone is 2. The zero-order chi connectivity index (χ0) is 47.9. The van der Waals surface area contributed by atoms with Crippen molar-refractivity contribution in [3.8, 4) is 0 Å². The summed E-state index contributed by atoms with van der Waals surface area (Å²) in [4.78, 5) is 27.4. The Labute approximate surface area is 392 Å². The molecule has 14 heteroatoms. The maximum atomic E-state index is 13.2. The predicted molar refractivity (Wildman–Crippen MR) is 255 cm³/mol. The van der Waals surface area contributed by atoms with Crippen LogP contribution in [0.3, 0.4) is 0 Å². The zero-order valence-electron chi connectivity index (χ0n) is 43.1. The van der Waals surface area contributed by atoms with Gasteiger partial charge >= 0.3 is 27.3 Å². The minimum atomic E-state index is -0.453. The maximum Gasteiger partial charge on any atom is 0.499 e. The summed E-state index contributed by atoms with van der Waals surface area (Å²) in [7, 11) is -0.909. The van der Waals surface area contributed by atoms with Crippen molar-refractivity contribution in [1.29, 1.82) is 0 Å². The van der Waals surface area contributed by atoms with Crippen molar-refractivity contribution in [3.05, 3.63) is 45.1 Å². The van der Waals surface area contributed by atoms with E-state index in [0.29, 0.717) is 43.7 Å². The lowest BCUT2D eigenvalue weighted by atomic mass is 9.50. The van der Waals surface area contributed by atoms with Crippen molar-refractivity contribution < 1.29 is 47.0 Å². The van der Waals surface area contributed by atoms with Crippen LogP contribution >= 0.6 is 0 Å². The smallest absolute Gasteiger partial charge is 0.459 e. The number of carbonyl (C=O) groups is 2. The number of hydrogen-bond donors (Lipinski definition) is 0. The molecule has 9 rings (SSSR count). The Hall–Kier alpha value is -2.37. The van der Waals surface area contributed by atoms with Gasteiger partial charge in [0.05, 0.1) is 63.9 Å².